The first-order chi connectivity index (χ1) is 8.83. The van der Waals surface area contributed by atoms with Gasteiger partial charge in [0.05, 0.1) is 0 Å². The van der Waals surface area contributed by atoms with Gasteiger partial charge in [-0.15, -0.1) is 0 Å². The van der Waals surface area contributed by atoms with E-state index in [0.29, 0.717) is 0 Å². The number of aryl methyl sites for hydroxylation is 1. The summed E-state index contributed by atoms with van der Waals surface area (Å²) in [4.78, 5) is 6.95. The molecule has 1 saturated carbocycles. The van der Waals surface area contributed by atoms with Crippen LogP contribution in [0.4, 0.5) is 5.82 Å². The van der Waals surface area contributed by atoms with Gasteiger partial charge in [0, 0.05) is 31.4 Å². The summed E-state index contributed by atoms with van der Waals surface area (Å²) in [7, 11) is 2.15. The Labute approximate surface area is 117 Å². The van der Waals surface area contributed by atoms with Crippen molar-refractivity contribution in [1.29, 1.82) is 0 Å². The van der Waals surface area contributed by atoms with Crippen molar-refractivity contribution < 1.29 is 0 Å². The fourth-order valence-electron chi connectivity index (χ4n) is 2.17. The third kappa shape index (κ3) is 4.83. The number of nitrogens with zero attached hydrogens (tertiary/aromatic N) is 2. The molecule has 0 aliphatic heterocycles. The Bertz CT molecular complexity index is 430. The SMILES string of the molecule is Cc1cc(CNC(C)(C)C)cc(N(C)CC2CC2)n1. The summed E-state index contributed by atoms with van der Waals surface area (Å²) in [6.07, 6.45) is 2.77. The van der Waals surface area contributed by atoms with Gasteiger partial charge in [0.25, 0.3) is 0 Å². The number of anilines is 1. The van der Waals surface area contributed by atoms with Gasteiger partial charge in [-0.1, -0.05) is 0 Å². The zero-order valence-corrected chi connectivity index (χ0v) is 13.0. The molecule has 2 rings (SSSR count). The van der Waals surface area contributed by atoms with Crippen LogP contribution in [0.2, 0.25) is 0 Å². The van der Waals surface area contributed by atoms with Crippen molar-refractivity contribution >= 4 is 5.82 Å². The monoisotopic (exact) mass is 261 g/mol. The summed E-state index contributed by atoms with van der Waals surface area (Å²) in [6.45, 7) is 10.7. The van der Waals surface area contributed by atoms with Gasteiger partial charge in [-0.05, 0) is 64.2 Å². The smallest absolute Gasteiger partial charge is 0.128 e. The van der Waals surface area contributed by atoms with Crippen LogP contribution in [0.15, 0.2) is 12.1 Å². The second-order valence-corrected chi connectivity index (χ2v) is 6.90. The minimum atomic E-state index is 0.150. The van der Waals surface area contributed by atoms with Crippen molar-refractivity contribution in [3.63, 3.8) is 0 Å². The third-order valence-electron chi connectivity index (χ3n) is 3.44. The normalized spacial score (nSPS) is 15.6. The number of nitrogens with one attached hydrogen (secondary N) is 1. The largest absolute Gasteiger partial charge is 0.359 e. The molecule has 3 heteroatoms. The molecule has 1 N–H and O–H groups in total. The molecule has 19 heavy (non-hydrogen) atoms. The van der Waals surface area contributed by atoms with E-state index in [1.54, 1.807) is 0 Å². The predicted octanol–water partition coefficient (Wildman–Crippen LogP) is 3.12. The molecule has 0 aromatic carbocycles. The van der Waals surface area contributed by atoms with Crippen molar-refractivity contribution in [2.75, 3.05) is 18.5 Å². The first-order valence-electron chi connectivity index (χ1n) is 7.27. The van der Waals surface area contributed by atoms with Crippen molar-refractivity contribution in [1.82, 2.24) is 10.3 Å². The van der Waals surface area contributed by atoms with Crippen LogP contribution in [-0.4, -0.2) is 24.1 Å². The Morgan fingerprint density at radius 3 is 2.58 bits per heavy atom. The van der Waals surface area contributed by atoms with Crippen molar-refractivity contribution in [2.45, 2.75) is 52.6 Å². The maximum atomic E-state index is 4.66. The van der Waals surface area contributed by atoms with Crippen molar-refractivity contribution in [3.8, 4) is 0 Å². The van der Waals surface area contributed by atoms with E-state index in [1.807, 2.05) is 0 Å². The molecule has 0 unspecified atom stereocenters. The van der Waals surface area contributed by atoms with Crippen LogP contribution in [0.25, 0.3) is 0 Å². The molecular weight excluding hydrogens is 234 g/mol. The maximum absolute atomic E-state index is 4.66. The van der Waals surface area contributed by atoms with E-state index in [1.165, 1.54) is 18.4 Å². The summed E-state index contributed by atoms with van der Waals surface area (Å²) in [5, 5.41) is 3.54. The zero-order chi connectivity index (χ0) is 14.0. The molecule has 0 bridgehead atoms. The zero-order valence-electron chi connectivity index (χ0n) is 13.0. The highest BCUT2D eigenvalue weighted by molar-refractivity contribution is 5.42. The fraction of sp³-hybridized carbons (Fsp3) is 0.688. The van der Waals surface area contributed by atoms with Gasteiger partial charge in [0.15, 0.2) is 0 Å². The molecule has 1 aliphatic rings. The van der Waals surface area contributed by atoms with Crippen LogP contribution < -0.4 is 10.2 Å². The summed E-state index contributed by atoms with van der Waals surface area (Å²) in [6, 6.07) is 4.39. The Kier molecular flexibility index (Phi) is 4.14. The van der Waals surface area contributed by atoms with Crippen LogP contribution >= 0.6 is 0 Å². The number of aromatic nitrogens is 1. The van der Waals surface area contributed by atoms with Gasteiger partial charge in [-0.2, -0.15) is 0 Å². The number of hydrogen-bond donors (Lipinski definition) is 1. The molecule has 1 aromatic rings. The van der Waals surface area contributed by atoms with Gasteiger partial charge in [0.2, 0.25) is 0 Å². The van der Waals surface area contributed by atoms with E-state index < -0.39 is 0 Å². The highest BCUT2D eigenvalue weighted by Gasteiger charge is 2.23. The summed E-state index contributed by atoms with van der Waals surface area (Å²) < 4.78 is 0. The molecular formula is C16H27N3. The third-order valence-corrected chi connectivity index (χ3v) is 3.44. The highest BCUT2D eigenvalue weighted by Crippen LogP contribution is 2.30. The van der Waals surface area contributed by atoms with E-state index >= 15 is 0 Å². The summed E-state index contributed by atoms with van der Waals surface area (Å²) in [5.41, 5.74) is 2.57. The highest BCUT2D eigenvalue weighted by atomic mass is 15.2. The molecule has 106 valence electrons. The van der Waals surface area contributed by atoms with Crippen LogP contribution in [0, 0.1) is 12.8 Å². The van der Waals surface area contributed by atoms with Crippen LogP contribution in [0.3, 0.4) is 0 Å². The van der Waals surface area contributed by atoms with Crippen LogP contribution in [-0.2, 0) is 6.54 Å². The molecule has 0 radical (unpaired) electrons. The average molecular weight is 261 g/mol. The average Bonchev–Trinajstić information content (AvgIpc) is 3.08. The predicted molar refractivity (Wildman–Crippen MR) is 81.6 cm³/mol. The Balaban J connectivity index is 2.05. The van der Waals surface area contributed by atoms with Crippen LogP contribution in [0.1, 0.15) is 44.9 Å². The second-order valence-electron chi connectivity index (χ2n) is 6.90. The Morgan fingerprint density at radius 1 is 1.32 bits per heavy atom. The molecule has 0 spiro atoms. The lowest BCUT2D eigenvalue weighted by atomic mass is 10.1. The topological polar surface area (TPSA) is 28.2 Å². The van der Waals surface area contributed by atoms with Gasteiger partial charge in [0.1, 0.15) is 5.82 Å². The van der Waals surface area contributed by atoms with E-state index in [2.05, 4.69) is 62.1 Å². The van der Waals surface area contributed by atoms with E-state index in [9.17, 15) is 0 Å². The number of pyridine rings is 1. The number of hydrogen-bond acceptors (Lipinski definition) is 3. The molecule has 0 amide bonds. The van der Waals surface area contributed by atoms with E-state index in [4.69, 9.17) is 0 Å². The van der Waals surface area contributed by atoms with Gasteiger partial charge in [-0.25, -0.2) is 4.98 Å². The van der Waals surface area contributed by atoms with Crippen molar-refractivity contribution in [2.24, 2.45) is 5.92 Å². The van der Waals surface area contributed by atoms with Crippen LogP contribution in [0.5, 0.6) is 0 Å². The lowest BCUT2D eigenvalue weighted by molar-refractivity contribution is 0.424. The fourth-order valence-corrected chi connectivity index (χ4v) is 2.17. The Morgan fingerprint density at radius 2 is 2.00 bits per heavy atom. The second kappa shape index (κ2) is 5.49. The number of rotatable bonds is 5. The summed E-state index contributed by atoms with van der Waals surface area (Å²) in [5.74, 6) is 2.00. The van der Waals surface area contributed by atoms with Gasteiger partial charge in [-0.3, -0.25) is 0 Å². The molecule has 3 nitrogen and oxygen atoms in total. The first kappa shape index (κ1) is 14.3. The molecule has 1 heterocycles. The molecule has 1 aromatic heterocycles. The van der Waals surface area contributed by atoms with Gasteiger partial charge >= 0.3 is 0 Å². The molecule has 0 saturated heterocycles. The van der Waals surface area contributed by atoms with E-state index in [0.717, 1.165) is 30.5 Å². The lowest BCUT2D eigenvalue weighted by Crippen LogP contribution is -2.35. The standard InChI is InChI=1S/C16H27N3/c1-12-8-14(10-17-16(2,3)4)9-15(18-12)19(5)11-13-6-7-13/h8-9,13,17H,6-7,10-11H2,1-5H3. The van der Waals surface area contributed by atoms with Gasteiger partial charge < -0.3 is 10.2 Å². The van der Waals surface area contributed by atoms with E-state index in [-0.39, 0.29) is 5.54 Å². The molecule has 0 atom stereocenters. The molecule has 1 aliphatic carbocycles. The van der Waals surface area contributed by atoms with Crippen molar-refractivity contribution in [3.05, 3.63) is 23.4 Å². The summed E-state index contributed by atoms with van der Waals surface area (Å²) >= 11 is 0. The maximum Gasteiger partial charge on any atom is 0.128 e. The molecule has 1 fully saturated rings. The lowest BCUT2D eigenvalue weighted by Gasteiger charge is -2.22. The first-order valence-corrected chi connectivity index (χ1v) is 7.27. The quantitative estimate of drug-likeness (QED) is 0.882. The Hall–Kier alpha value is -1.09. The minimum absolute atomic E-state index is 0.150. The minimum Gasteiger partial charge on any atom is -0.359 e.